The Bertz CT molecular complexity index is 829. The highest BCUT2D eigenvalue weighted by atomic mass is 32.2. The predicted octanol–water partition coefficient (Wildman–Crippen LogP) is 2.40. The van der Waals surface area contributed by atoms with E-state index in [1.54, 1.807) is 12.1 Å². The minimum Gasteiger partial charge on any atom is -0.369 e. The molecule has 140 valence electrons. The Morgan fingerprint density at radius 1 is 0.923 bits per heavy atom. The van der Waals surface area contributed by atoms with Gasteiger partial charge in [-0.05, 0) is 49.2 Å². The fourth-order valence-electron chi connectivity index (χ4n) is 3.17. The lowest BCUT2D eigenvalue weighted by Gasteiger charge is -2.36. The van der Waals surface area contributed by atoms with Crippen molar-refractivity contribution < 1.29 is 8.42 Å². The van der Waals surface area contributed by atoms with Crippen LogP contribution in [0.2, 0.25) is 0 Å². The van der Waals surface area contributed by atoms with Crippen LogP contribution < -0.4 is 9.62 Å². The van der Waals surface area contributed by atoms with E-state index < -0.39 is 10.0 Å². The van der Waals surface area contributed by atoms with Gasteiger partial charge < -0.3 is 4.90 Å². The number of sulfonamides is 1. The molecule has 0 amide bonds. The molecule has 2 aromatic carbocycles. The van der Waals surface area contributed by atoms with Crippen molar-refractivity contribution in [2.75, 3.05) is 44.2 Å². The van der Waals surface area contributed by atoms with Crippen molar-refractivity contribution in [3.05, 3.63) is 59.7 Å². The van der Waals surface area contributed by atoms with E-state index in [0.29, 0.717) is 11.4 Å². The zero-order valence-corrected chi connectivity index (χ0v) is 16.3. The molecule has 26 heavy (non-hydrogen) atoms. The van der Waals surface area contributed by atoms with Crippen molar-refractivity contribution in [2.24, 2.45) is 0 Å². The number of para-hydroxylation sites is 1. The molecular weight excluding hydrogens is 346 g/mol. The quantitative estimate of drug-likeness (QED) is 0.845. The maximum absolute atomic E-state index is 12.4. The molecular formula is C20H27N3O2S. The van der Waals surface area contributed by atoms with Gasteiger partial charge in [-0.2, -0.15) is 0 Å². The molecule has 5 nitrogen and oxygen atoms in total. The van der Waals surface area contributed by atoms with Gasteiger partial charge in [0.1, 0.15) is 0 Å². The lowest BCUT2D eigenvalue weighted by atomic mass is 10.1. The second-order valence-corrected chi connectivity index (χ2v) is 8.58. The summed E-state index contributed by atoms with van der Waals surface area (Å²) in [6.45, 7) is 8.89. The molecule has 0 atom stereocenters. The number of anilines is 1. The van der Waals surface area contributed by atoms with Crippen molar-refractivity contribution in [1.29, 1.82) is 0 Å². The minimum atomic E-state index is -3.44. The molecule has 0 radical (unpaired) electrons. The number of nitrogens with one attached hydrogen (secondary N) is 1. The summed E-state index contributed by atoms with van der Waals surface area (Å²) >= 11 is 0. The first-order valence-corrected chi connectivity index (χ1v) is 10.5. The van der Waals surface area contributed by atoms with Gasteiger partial charge in [0.05, 0.1) is 4.90 Å². The maximum atomic E-state index is 12.4. The van der Waals surface area contributed by atoms with E-state index in [4.69, 9.17) is 0 Å². The molecule has 0 saturated carbocycles. The fraction of sp³-hybridized carbons (Fsp3) is 0.400. The third-order valence-corrected chi connectivity index (χ3v) is 6.46. The number of piperazine rings is 1. The molecule has 0 bridgehead atoms. The van der Waals surface area contributed by atoms with Crippen molar-refractivity contribution >= 4 is 15.7 Å². The summed E-state index contributed by atoms with van der Waals surface area (Å²) < 4.78 is 27.6. The summed E-state index contributed by atoms with van der Waals surface area (Å²) in [6.07, 6.45) is 0. The predicted molar refractivity (Wildman–Crippen MR) is 106 cm³/mol. The number of hydrogen-bond donors (Lipinski definition) is 1. The SMILES string of the molecule is Cc1ccc(S(=O)(=O)NCCN2CCN(c3ccccc3)CC2)cc1C. The Kier molecular flexibility index (Phi) is 5.96. The number of hydrogen-bond acceptors (Lipinski definition) is 4. The summed E-state index contributed by atoms with van der Waals surface area (Å²) in [7, 11) is -3.44. The van der Waals surface area contributed by atoms with Crippen molar-refractivity contribution in [2.45, 2.75) is 18.7 Å². The number of benzene rings is 2. The molecule has 1 saturated heterocycles. The van der Waals surface area contributed by atoms with Crippen LogP contribution in [-0.2, 0) is 10.0 Å². The Labute approximate surface area is 156 Å². The smallest absolute Gasteiger partial charge is 0.240 e. The third-order valence-electron chi connectivity index (χ3n) is 5.00. The molecule has 0 unspecified atom stereocenters. The summed E-state index contributed by atoms with van der Waals surface area (Å²) in [6, 6.07) is 15.7. The Morgan fingerprint density at radius 3 is 2.27 bits per heavy atom. The zero-order chi connectivity index (χ0) is 18.6. The van der Waals surface area contributed by atoms with E-state index in [1.165, 1.54) is 5.69 Å². The van der Waals surface area contributed by atoms with E-state index in [0.717, 1.165) is 43.9 Å². The molecule has 1 fully saturated rings. The second kappa shape index (κ2) is 8.20. The minimum absolute atomic E-state index is 0.342. The van der Waals surface area contributed by atoms with Gasteiger partial charge in [-0.3, -0.25) is 4.90 Å². The maximum Gasteiger partial charge on any atom is 0.240 e. The average Bonchev–Trinajstić information content (AvgIpc) is 2.65. The van der Waals surface area contributed by atoms with Gasteiger partial charge in [0.2, 0.25) is 10.0 Å². The largest absolute Gasteiger partial charge is 0.369 e. The fourth-order valence-corrected chi connectivity index (χ4v) is 4.28. The monoisotopic (exact) mass is 373 g/mol. The van der Waals surface area contributed by atoms with E-state index in [9.17, 15) is 8.42 Å². The van der Waals surface area contributed by atoms with Crippen molar-refractivity contribution in [1.82, 2.24) is 9.62 Å². The zero-order valence-electron chi connectivity index (χ0n) is 15.5. The molecule has 6 heteroatoms. The molecule has 1 aliphatic rings. The number of aryl methyl sites for hydroxylation is 2. The van der Waals surface area contributed by atoms with Gasteiger partial charge in [0, 0.05) is 45.0 Å². The van der Waals surface area contributed by atoms with Crippen LogP contribution in [0.3, 0.4) is 0 Å². The van der Waals surface area contributed by atoms with Crippen LogP contribution in [0.1, 0.15) is 11.1 Å². The normalized spacial score (nSPS) is 16.0. The van der Waals surface area contributed by atoms with E-state index in [1.807, 2.05) is 26.0 Å². The summed E-state index contributed by atoms with van der Waals surface area (Å²) in [4.78, 5) is 5.02. The van der Waals surface area contributed by atoms with Gasteiger partial charge in [0.15, 0.2) is 0 Å². The van der Waals surface area contributed by atoms with Crippen LogP contribution in [0.15, 0.2) is 53.4 Å². The molecule has 1 aliphatic heterocycles. The van der Waals surface area contributed by atoms with E-state index in [2.05, 4.69) is 38.8 Å². The highest BCUT2D eigenvalue weighted by molar-refractivity contribution is 7.89. The van der Waals surface area contributed by atoms with Crippen LogP contribution in [0.5, 0.6) is 0 Å². The van der Waals surface area contributed by atoms with Crippen LogP contribution in [-0.4, -0.2) is 52.6 Å². The third kappa shape index (κ3) is 4.63. The topological polar surface area (TPSA) is 52.7 Å². The highest BCUT2D eigenvalue weighted by Crippen LogP contribution is 2.16. The molecule has 0 spiro atoms. The van der Waals surface area contributed by atoms with E-state index >= 15 is 0 Å². The lowest BCUT2D eigenvalue weighted by Crippen LogP contribution is -2.48. The molecule has 3 rings (SSSR count). The molecule has 0 aromatic heterocycles. The number of rotatable bonds is 6. The second-order valence-electron chi connectivity index (χ2n) is 6.81. The molecule has 1 N–H and O–H groups in total. The Morgan fingerprint density at radius 2 is 1.62 bits per heavy atom. The van der Waals surface area contributed by atoms with E-state index in [-0.39, 0.29) is 0 Å². The van der Waals surface area contributed by atoms with Gasteiger partial charge in [-0.1, -0.05) is 24.3 Å². The molecule has 0 aliphatic carbocycles. The summed E-state index contributed by atoms with van der Waals surface area (Å²) in [5.41, 5.74) is 3.34. The summed E-state index contributed by atoms with van der Waals surface area (Å²) in [5, 5.41) is 0. The van der Waals surface area contributed by atoms with Crippen molar-refractivity contribution in [3.63, 3.8) is 0 Å². The van der Waals surface area contributed by atoms with Crippen molar-refractivity contribution in [3.8, 4) is 0 Å². The first-order valence-electron chi connectivity index (χ1n) is 9.05. The number of nitrogens with zero attached hydrogens (tertiary/aromatic N) is 2. The molecule has 2 aromatic rings. The standard InChI is InChI=1S/C20H27N3O2S/c1-17-8-9-20(16-18(17)2)26(24,25)21-10-11-22-12-14-23(15-13-22)19-6-4-3-5-7-19/h3-9,16,21H,10-15H2,1-2H3. The Balaban J connectivity index is 1.47. The van der Waals surface area contributed by atoms with Gasteiger partial charge >= 0.3 is 0 Å². The highest BCUT2D eigenvalue weighted by Gasteiger charge is 2.18. The van der Waals surface area contributed by atoms with Crippen LogP contribution >= 0.6 is 0 Å². The first-order chi connectivity index (χ1) is 12.5. The van der Waals surface area contributed by atoms with Crippen LogP contribution in [0.25, 0.3) is 0 Å². The average molecular weight is 374 g/mol. The first kappa shape index (κ1) is 18.9. The Hall–Kier alpha value is -1.89. The lowest BCUT2D eigenvalue weighted by molar-refractivity contribution is 0.262. The van der Waals surface area contributed by atoms with Gasteiger partial charge in [-0.15, -0.1) is 0 Å². The van der Waals surface area contributed by atoms with Gasteiger partial charge in [-0.25, -0.2) is 13.1 Å². The van der Waals surface area contributed by atoms with Crippen LogP contribution in [0.4, 0.5) is 5.69 Å². The summed E-state index contributed by atoms with van der Waals surface area (Å²) in [5.74, 6) is 0. The van der Waals surface area contributed by atoms with Crippen LogP contribution in [0, 0.1) is 13.8 Å². The molecule has 1 heterocycles. The van der Waals surface area contributed by atoms with Gasteiger partial charge in [0.25, 0.3) is 0 Å².